The maximum absolute atomic E-state index is 12.4. The van der Waals surface area contributed by atoms with Gasteiger partial charge in [0.15, 0.2) is 11.5 Å². The molecule has 27 heavy (non-hydrogen) atoms. The first-order chi connectivity index (χ1) is 13.3. The molecule has 0 atom stereocenters. The standard InChI is InChI=1S/C23H22N2O2/c26-22(13-7-4-10-18-8-2-1-3-9-18)25-16-14-19(15-17-25)23-24-20-11-5-6-12-21(20)27-23/h1-13,19H,14-17H2/b10-4+,13-7+. The molecule has 1 aliphatic heterocycles. The molecule has 0 saturated carbocycles. The van der Waals surface area contributed by atoms with Gasteiger partial charge in [0.05, 0.1) is 0 Å². The van der Waals surface area contributed by atoms with E-state index in [1.165, 1.54) is 0 Å². The number of aromatic nitrogens is 1. The van der Waals surface area contributed by atoms with Gasteiger partial charge in [-0.2, -0.15) is 0 Å². The van der Waals surface area contributed by atoms with Crippen LogP contribution in [-0.4, -0.2) is 28.9 Å². The van der Waals surface area contributed by atoms with Crippen molar-refractivity contribution in [2.45, 2.75) is 18.8 Å². The minimum atomic E-state index is 0.0590. The summed E-state index contributed by atoms with van der Waals surface area (Å²) in [7, 11) is 0. The van der Waals surface area contributed by atoms with Crippen LogP contribution in [0.4, 0.5) is 0 Å². The van der Waals surface area contributed by atoms with E-state index in [0.29, 0.717) is 0 Å². The van der Waals surface area contributed by atoms with Gasteiger partial charge in [-0.25, -0.2) is 4.98 Å². The number of fused-ring (bicyclic) bond motifs is 1. The minimum Gasteiger partial charge on any atom is -0.440 e. The summed E-state index contributed by atoms with van der Waals surface area (Å²) in [5.74, 6) is 1.14. The van der Waals surface area contributed by atoms with Crippen molar-refractivity contribution in [3.05, 3.63) is 84.3 Å². The fourth-order valence-corrected chi connectivity index (χ4v) is 3.39. The van der Waals surface area contributed by atoms with Gasteiger partial charge in [0.25, 0.3) is 0 Å². The summed E-state index contributed by atoms with van der Waals surface area (Å²) in [6.07, 6.45) is 9.10. The van der Waals surface area contributed by atoms with Crippen molar-refractivity contribution in [3.63, 3.8) is 0 Å². The van der Waals surface area contributed by atoms with Crippen LogP contribution in [0.1, 0.15) is 30.2 Å². The zero-order valence-electron chi connectivity index (χ0n) is 15.1. The number of likely N-dealkylation sites (tertiary alicyclic amines) is 1. The predicted octanol–water partition coefficient (Wildman–Crippen LogP) is 4.80. The van der Waals surface area contributed by atoms with Crippen molar-refractivity contribution in [3.8, 4) is 0 Å². The van der Waals surface area contributed by atoms with Crippen molar-refractivity contribution >= 4 is 23.1 Å². The zero-order valence-corrected chi connectivity index (χ0v) is 15.1. The Hall–Kier alpha value is -3.14. The van der Waals surface area contributed by atoms with E-state index < -0.39 is 0 Å². The van der Waals surface area contributed by atoms with E-state index in [4.69, 9.17) is 4.42 Å². The van der Waals surface area contributed by atoms with Gasteiger partial charge in [0, 0.05) is 25.1 Å². The fourth-order valence-electron chi connectivity index (χ4n) is 3.39. The number of rotatable bonds is 4. The number of nitrogens with zero attached hydrogens (tertiary/aromatic N) is 2. The number of hydrogen-bond donors (Lipinski definition) is 0. The van der Waals surface area contributed by atoms with E-state index in [1.54, 1.807) is 6.08 Å². The number of hydrogen-bond acceptors (Lipinski definition) is 3. The molecule has 1 aromatic heterocycles. The Morgan fingerprint density at radius 2 is 1.74 bits per heavy atom. The lowest BCUT2D eigenvalue weighted by atomic mass is 9.97. The molecule has 2 aromatic carbocycles. The third kappa shape index (κ3) is 4.17. The second kappa shape index (κ2) is 8.04. The highest BCUT2D eigenvalue weighted by molar-refractivity contribution is 5.88. The maximum Gasteiger partial charge on any atom is 0.246 e. The second-order valence-corrected chi connectivity index (χ2v) is 6.75. The molecule has 136 valence electrons. The number of carbonyl (C=O) groups excluding carboxylic acids is 1. The fraction of sp³-hybridized carbons (Fsp3) is 0.217. The average molecular weight is 358 g/mol. The SMILES string of the molecule is O=C(/C=C/C=C/c1ccccc1)N1CCC(c2nc3ccccc3o2)CC1. The quantitative estimate of drug-likeness (QED) is 0.497. The highest BCUT2D eigenvalue weighted by Gasteiger charge is 2.26. The summed E-state index contributed by atoms with van der Waals surface area (Å²) in [5.41, 5.74) is 2.85. The smallest absolute Gasteiger partial charge is 0.246 e. The molecule has 0 aliphatic carbocycles. The average Bonchev–Trinajstić information content (AvgIpc) is 3.16. The number of carbonyl (C=O) groups is 1. The van der Waals surface area contributed by atoms with Crippen LogP contribution in [0.25, 0.3) is 17.2 Å². The molecule has 0 spiro atoms. The van der Waals surface area contributed by atoms with E-state index in [9.17, 15) is 4.79 Å². The van der Waals surface area contributed by atoms with E-state index in [1.807, 2.05) is 77.7 Å². The van der Waals surface area contributed by atoms with Gasteiger partial charge in [-0.1, -0.05) is 60.7 Å². The first-order valence-electron chi connectivity index (χ1n) is 9.34. The van der Waals surface area contributed by atoms with Gasteiger partial charge in [-0.15, -0.1) is 0 Å². The van der Waals surface area contributed by atoms with Crippen LogP contribution in [0.3, 0.4) is 0 Å². The number of piperidine rings is 1. The Kier molecular flexibility index (Phi) is 5.15. The summed E-state index contributed by atoms with van der Waals surface area (Å²) in [5, 5.41) is 0. The summed E-state index contributed by atoms with van der Waals surface area (Å²) in [6.45, 7) is 1.46. The molecule has 0 radical (unpaired) electrons. The van der Waals surface area contributed by atoms with Crippen molar-refractivity contribution in [2.24, 2.45) is 0 Å². The first-order valence-corrected chi connectivity index (χ1v) is 9.34. The largest absolute Gasteiger partial charge is 0.440 e. The molecule has 0 unspecified atom stereocenters. The van der Waals surface area contributed by atoms with Crippen molar-refractivity contribution in [1.29, 1.82) is 0 Å². The summed E-state index contributed by atoms with van der Waals surface area (Å²) < 4.78 is 5.89. The van der Waals surface area contributed by atoms with Crippen molar-refractivity contribution < 1.29 is 9.21 Å². The zero-order chi connectivity index (χ0) is 18.5. The van der Waals surface area contributed by atoms with E-state index in [-0.39, 0.29) is 11.8 Å². The number of amides is 1. The highest BCUT2D eigenvalue weighted by atomic mass is 16.3. The Morgan fingerprint density at radius 1 is 1.00 bits per heavy atom. The Morgan fingerprint density at radius 3 is 2.52 bits per heavy atom. The lowest BCUT2D eigenvalue weighted by Gasteiger charge is -2.29. The summed E-state index contributed by atoms with van der Waals surface area (Å²) >= 11 is 0. The number of oxazole rings is 1. The number of para-hydroxylation sites is 2. The summed E-state index contributed by atoms with van der Waals surface area (Å²) in [4.78, 5) is 18.9. The predicted molar refractivity (Wildman–Crippen MR) is 107 cm³/mol. The Balaban J connectivity index is 1.31. The molecule has 1 fully saturated rings. The van der Waals surface area contributed by atoms with Crippen LogP contribution in [0.5, 0.6) is 0 Å². The first kappa shape index (κ1) is 17.3. The minimum absolute atomic E-state index is 0.0590. The van der Waals surface area contributed by atoms with Gasteiger partial charge in [-0.3, -0.25) is 4.79 Å². The molecular formula is C23H22N2O2. The van der Waals surface area contributed by atoms with Crippen LogP contribution in [0.2, 0.25) is 0 Å². The van der Waals surface area contributed by atoms with Crippen LogP contribution >= 0.6 is 0 Å². The molecular weight excluding hydrogens is 336 g/mol. The lowest BCUT2D eigenvalue weighted by molar-refractivity contribution is -0.127. The number of allylic oxidation sites excluding steroid dienone is 2. The maximum atomic E-state index is 12.4. The second-order valence-electron chi connectivity index (χ2n) is 6.75. The van der Waals surface area contributed by atoms with E-state index in [2.05, 4.69) is 4.98 Å². The van der Waals surface area contributed by atoms with Crippen molar-refractivity contribution in [1.82, 2.24) is 9.88 Å². The van der Waals surface area contributed by atoms with Crippen LogP contribution in [0, 0.1) is 0 Å². The van der Waals surface area contributed by atoms with E-state index in [0.717, 1.165) is 48.5 Å². The van der Waals surface area contributed by atoms with E-state index >= 15 is 0 Å². The van der Waals surface area contributed by atoms with Crippen LogP contribution < -0.4 is 0 Å². The molecule has 2 heterocycles. The molecule has 1 aliphatic rings. The highest BCUT2D eigenvalue weighted by Crippen LogP contribution is 2.29. The Labute approximate surface area is 158 Å². The van der Waals surface area contributed by atoms with Crippen LogP contribution in [0.15, 0.2) is 77.2 Å². The van der Waals surface area contributed by atoms with Crippen LogP contribution in [-0.2, 0) is 4.79 Å². The third-order valence-electron chi connectivity index (χ3n) is 4.90. The Bertz CT molecular complexity index is 931. The lowest BCUT2D eigenvalue weighted by Crippen LogP contribution is -2.36. The molecule has 0 N–H and O–H groups in total. The normalized spacial score (nSPS) is 15.9. The van der Waals surface area contributed by atoms with Gasteiger partial charge < -0.3 is 9.32 Å². The van der Waals surface area contributed by atoms with Crippen molar-refractivity contribution in [2.75, 3.05) is 13.1 Å². The summed E-state index contributed by atoms with van der Waals surface area (Å²) in [6, 6.07) is 17.9. The van der Waals surface area contributed by atoms with Gasteiger partial charge in [0.1, 0.15) is 5.52 Å². The molecule has 3 aromatic rings. The van der Waals surface area contributed by atoms with Gasteiger partial charge in [-0.05, 0) is 30.5 Å². The number of benzene rings is 2. The third-order valence-corrected chi connectivity index (χ3v) is 4.90. The molecule has 0 bridgehead atoms. The molecule has 1 saturated heterocycles. The monoisotopic (exact) mass is 358 g/mol. The van der Waals surface area contributed by atoms with Gasteiger partial charge in [0.2, 0.25) is 5.91 Å². The molecule has 1 amide bonds. The topological polar surface area (TPSA) is 46.3 Å². The molecule has 4 nitrogen and oxygen atoms in total. The molecule has 4 rings (SSSR count). The van der Waals surface area contributed by atoms with Gasteiger partial charge >= 0.3 is 0 Å². The molecule has 4 heteroatoms.